The molecule has 2 aromatic rings. The van der Waals surface area contributed by atoms with Crippen molar-refractivity contribution >= 4 is 23.2 Å². The Balaban J connectivity index is 1.80. The minimum Gasteiger partial charge on any atom is -0.378 e. The zero-order chi connectivity index (χ0) is 19.6. The van der Waals surface area contributed by atoms with E-state index >= 15 is 0 Å². The maximum atomic E-state index is 13.1. The molecule has 0 saturated carbocycles. The molecule has 27 heavy (non-hydrogen) atoms. The van der Waals surface area contributed by atoms with Crippen LogP contribution < -0.4 is 10.2 Å². The van der Waals surface area contributed by atoms with Crippen LogP contribution in [0.1, 0.15) is 38.3 Å². The van der Waals surface area contributed by atoms with E-state index in [-0.39, 0.29) is 17.9 Å². The molecule has 1 heterocycles. The number of likely N-dealkylation sites (tertiary alicyclic amines) is 1. The van der Waals surface area contributed by atoms with Crippen molar-refractivity contribution in [3.05, 3.63) is 60.2 Å². The fourth-order valence-electron chi connectivity index (χ4n) is 3.53. The summed E-state index contributed by atoms with van der Waals surface area (Å²) in [7, 11) is 3.95. The van der Waals surface area contributed by atoms with Crippen molar-refractivity contribution in [3.8, 4) is 0 Å². The van der Waals surface area contributed by atoms with Crippen molar-refractivity contribution in [3.63, 3.8) is 0 Å². The van der Waals surface area contributed by atoms with Crippen LogP contribution in [0.2, 0.25) is 0 Å². The first kappa shape index (κ1) is 19.0. The van der Waals surface area contributed by atoms with Gasteiger partial charge in [-0.3, -0.25) is 9.59 Å². The molecule has 2 aromatic carbocycles. The molecular weight excluding hydrogens is 338 g/mol. The molecule has 5 heteroatoms. The Bertz CT molecular complexity index is 817. The van der Waals surface area contributed by atoms with E-state index in [0.29, 0.717) is 12.8 Å². The van der Waals surface area contributed by atoms with Gasteiger partial charge in [0, 0.05) is 25.5 Å². The van der Waals surface area contributed by atoms with Gasteiger partial charge in [-0.2, -0.15) is 0 Å². The molecule has 1 N–H and O–H groups in total. The fraction of sp³-hybridized carbons (Fsp3) is 0.364. The minimum absolute atomic E-state index is 0.0197. The van der Waals surface area contributed by atoms with Gasteiger partial charge >= 0.3 is 0 Å². The van der Waals surface area contributed by atoms with Gasteiger partial charge in [0.1, 0.15) is 5.54 Å². The molecule has 1 aliphatic rings. The van der Waals surface area contributed by atoms with Gasteiger partial charge in [0.05, 0.1) is 12.5 Å². The van der Waals surface area contributed by atoms with Gasteiger partial charge in [-0.1, -0.05) is 37.3 Å². The Morgan fingerprint density at radius 3 is 2.30 bits per heavy atom. The highest BCUT2D eigenvalue weighted by molar-refractivity contribution is 6.01. The zero-order valence-electron chi connectivity index (χ0n) is 16.4. The third kappa shape index (κ3) is 3.54. The second-order valence-corrected chi connectivity index (χ2v) is 7.42. The van der Waals surface area contributed by atoms with Crippen LogP contribution in [-0.4, -0.2) is 36.3 Å². The van der Waals surface area contributed by atoms with Gasteiger partial charge in [-0.25, -0.2) is 0 Å². The molecule has 1 saturated heterocycles. The van der Waals surface area contributed by atoms with Gasteiger partial charge in [-0.05, 0) is 43.2 Å². The molecule has 2 amide bonds. The van der Waals surface area contributed by atoms with Crippen molar-refractivity contribution < 1.29 is 9.59 Å². The van der Waals surface area contributed by atoms with E-state index in [1.165, 1.54) is 0 Å². The van der Waals surface area contributed by atoms with E-state index in [0.717, 1.165) is 16.9 Å². The van der Waals surface area contributed by atoms with Crippen LogP contribution in [0.15, 0.2) is 54.6 Å². The average molecular weight is 365 g/mol. The van der Waals surface area contributed by atoms with E-state index < -0.39 is 5.54 Å². The van der Waals surface area contributed by atoms with Gasteiger partial charge in [0.25, 0.3) is 0 Å². The first-order valence-corrected chi connectivity index (χ1v) is 9.32. The van der Waals surface area contributed by atoms with Crippen molar-refractivity contribution in [1.29, 1.82) is 0 Å². The summed E-state index contributed by atoms with van der Waals surface area (Å²) in [6.45, 7) is 3.80. The lowest BCUT2D eigenvalue weighted by Gasteiger charge is -2.50. The summed E-state index contributed by atoms with van der Waals surface area (Å²) in [6, 6.07) is 17.5. The molecule has 0 radical (unpaired) electrons. The van der Waals surface area contributed by atoms with E-state index in [4.69, 9.17) is 0 Å². The molecule has 2 atom stereocenters. The summed E-state index contributed by atoms with van der Waals surface area (Å²) >= 11 is 0. The summed E-state index contributed by atoms with van der Waals surface area (Å²) in [4.78, 5) is 29.3. The maximum absolute atomic E-state index is 13.1. The number of benzene rings is 2. The first-order chi connectivity index (χ1) is 12.9. The number of carbonyl (C=O) groups is 2. The van der Waals surface area contributed by atoms with E-state index in [9.17, 15) is 9.59 Å². The predicted molar refractivity (Wildman–Crippen MR) is 109 cm³/mol. The molecule has 2 unspecified atom stereocenters. The first-order valence-electron chi connectivity index (χ1n) is 9.32. The molecular formula is C22H27N3O2. The van der Waals surface area contributed by atoms with Crippen LogP contribution in [0.5, 0.6) is 0 Å². The number of nitrogens with one attached hydrogen (secondary N) is 1. The lowest BCUT2D eigenvalue weighted by Crippen LogP contribution is -2.63. The summed E-state index contributed by atoms with van der Waals surface area (Å²) in [5.74, 6) is -0.136. The zero-order valence-corrected chi connectivity index (χ0v) is 16.4. The number of anilines is 2. The number of rotatable bonds is 6. The molecule has 1 aliphatic heterocycles. The van der Waals surface area contributed by atoms with Crippen LogP contribution in [0.3, 0.4) is 0 Å². The van der Waals surface area contributed by atoms with Crippen molar-refractivity contribution in [2.75, 3.05) is 24.3 Å². The average Bonchev–Trinajstić information content (AvgIpc) is 2.66. The molecule has 0 aliphatic carbocycles. The second-order valence-electron chi connectivity index (χ2n) is 7.42. The second kappa shape index (κ2) is 7.43. The van der Waals surface area contributed by atoms with Crippen LogP contribution in [0, 0.1) is 0 Å². The number of amides is 2. The quantitative estimate of drug-likeness (QED) is 0.792. The Hall–Kier alpha value is -2.82. The number of nitrogens with zero attached hydrogens (tertiary/aromatic N) is 2. The molecule has 5 nitrogen and oxygen atoms in total. The minimum atomic E-state index is -0.893. The highest BCUT2D eigenvalue weighted by atomic mass is 16.2. The number of hydrogen-bond acceptors (Lipinski definition) is 3. The Kier molecular flexibility index (Phi) is 5.22. The van der Waals surface area contributed by atoms with Crippen LogP contribution in [0.4, 0.5) is 11.4 Å². The van der Waals surface area contributed by atoms with E-state index in [1.807, 2.05) is 87.4 Å². The summed E-state index contributed by atoms with van der Waals surface area (Å²) in [5, 5.41) is 2.99. The van der Waals surface area contributed by atoms with Gasteiger partial charge in [0.15, 0.2) is 0 Å². The van der Waals surface area contributed by atoms with Crippen molar-refractivity contribution in [1.82, 2.24) is 4.90 Å². The van der Waals surface area contributed by atoms with Gasteiger partial charge in [-0.15, -0.1) is 0 Å². The Morgan fingerprint density at radius 1 is 1.15 bits per heavy atom. The fourth-order valence-corrected chi connectivity index (χ4v) is 3.53. The van der Waals surface area contributed by atoms with Crippen molar-refractivity contribution in [2.24, 2.45) is 0 Å². The molecule has 0 bridgehead atoms. The van der Waals surface area contributed by atoms with Gasteiger partial charge < -0.3 is 15.1 Å². The highest BCUT2D eigenvalue weighted by Gasteiger charge is 2.50. The smallest absolute Gasteiger partial charge is 0.250 e. The normalized spacial score (nSPS) is 18.4. The molecule has 0 spiro atoms. The predicted octanol–water partition coefficient (Wildman–Crippen LogP) is 3.83. The van der Waals surface area contributed by atoms with E-state index in [2.05, 4.69) is 5.32 Å². The molecule has 0 aromatic heterocycles. The summed E-state index contributed by atoms with van der Waals surface area (Å²) in [5.41, 5.74) is 1.97. The van der Waals surface area contributed by atoms with Crippen molar-refractivity contribution in [2.45, 2.75) is 38.3 Å². The Morgan fingerprint density at radius 2 is 1.78 bits per heavy atom. The van der Waals surface area contributed by atoms with Crippen LogP contribution >= 0.6 is 0 Å². The lowest BCUT2D eigenvalue weighted by molar-refractivity contribution is -0.162. The summed E-state index contributed by atoms with van der Waals surface area (Å²) < 4.78 is 0. The largest absolute Gasteiger partial charge is 0.378 e. The summed E-state index contributed by atoms with van der Waals surface area (Å²) in [6.07, 6.45) is 0.994. The molecule has 3 rings (SSSR count). The number of hydrogen-bond donors (Lipinski definition) is 1. The standard InChI is InChI=1S/C22H27N3O2/c1-5-22(2,21(27)23-17-11-13-18(14-12-17)24(3)4)25-19(15-20(25)26)16-9-7-6-8-10-16/h6-14,19H,5,15H2,1-4H3,(H,23,27). The topological polar surface area (TPSA) is 52.7 Å². The number of β-lactam (4-membered cyclic amide) rings is 1. The SMILES string of the molecule is CCC(C)(C(=O)Nc1ccc(N(C)C)cc1)N1C(=O)CC1c1ccccc1. The monoisotopic (exact) mass is 365 g/mol. The third-order valence-corrected chi connectivity index (χ3v) is 5.48. The number of carbonyl (C=O) groups excluding carboxylic acids is 2. The van der Waals surface area contributed by atoms with Gasteiger partial charge in [0.2, 0.25) is 11.8 Å². The maximum Gasteiger partial charge on any atom is 0.250 e. The highest BCUT2D eigenvalue weighted by Crippen LogP contribution is 2.42. The van der Waals surface area contributed by atoms with Crippen LogP contribution in [0.25, 0.3) is 0 Å². The molecule has 142 valence electrons. The van der Waals surface area contributed by atoms with Crippen LogP contribution in [-0.2, 0) is 9.59 Å². The lowest BCUT2D eigenvalue weighted by atomic mass is 9.83. The molecule has 1 fully saturated rings. The third-order valence-electron chi connectivity index (χ3n) is 5.48. The Labute approximate surface area is 161 Å². The van der Waals surface area contributed by atoms with E-state index in [1.54, 1.807) is 4.90 Å².